The van der Waals surface area contributed by atoms with Gasteiger partial charge in [-0.05, 0) is 47.4 Å². The molecule has 0 amide bonds. The summed E-state index contributed by atoms with van der Waals surface area (Å²) in [5.74, 6) is 1.84. The molecule has 0 fully saturated rings. The van der Waals surface area contributed by atoms with E-state index >= 15 is 0 Å². The minimum Gasteiger partial charge on any atom is -0.308 e. The maximum Gasteiger partial charge on any atom is 0.238 e. The molecule has 0 saturated heterocycles. The van der Waals surface area contributed by atoms with Gasteiger partial charge in [-0.25, -0.2) is 4.98 Å². The first-order valence-electron chi connectivity index (χ1n) is 16.4. The molecule has 6 aromatic carbocycles. The molecule has 0 aliphatic rings. The number of hydrogen-bond acceptors (Lipinski definition) is 3. The quantitative estimate of drug-likeness (QED) is 0.197. The Kier molecular flexibility index (Phi) is 6.31. The van der Waals surface area contributed by atoms with Crippen molar-refractivity contribution in [2.24, 2.45) is 0 Å². The summed E-state index contributed by atoms with van der Waals surface area (Å²) < 4.78 is 4.54. The molecule has 230 valence electrons. The summed E-state index contributed by atoms with van der Waals surface area (Å²) in [5.41, 5.74) is 8.60. The second kappa shape index (κ2) is 10.7. The molecule has 9 aromatic rings. The second-order valence-electron chi connectivity index (χ2n) is 13.4. The van der Waals surface area contributed by atoms with Crippen LogP contribution in [0, 0.1) is 0 Å². The fourth-order valence-corrected chi connectivity index (χ4v) is 6.99. The van der Waals surface area contributed by atoms with Gasteiger partial charge >= 0.3 is 0 Å². The first-order chi connectivity index (χ1) is 23.5. The number of benzene rings is 6. The molecule has 0 aliphatic heterocycles. The van der Waals surface area contributed by atoms with Gasteiger partial charge in [-0.15, -0.1) is 0 Å². The lowest BCUT2D eigenvalue weighted by Crippen LogP contribution is -2.11. The summed E-state index contributed by atoms with van der Waals surface area (Å²) in [6, 6.07) is 51.1. The fraction of sp³-hybridized carbons (Fsp3) is 0.0930. The molecular formula is C43H33N5. The van der Waals surface area contributed by atoms with Crippen LogP contribution in [0.2, 0.25) is 0 Å². The van der Waals surface area contributed by atoms with Crippen LogP contribution in [0.1, 0.15) is 26.3 Å². The van der Waals surface area contributed by atoms with E-state index < -0.39 is 0 Å². The molecule has 5 heteroatoms. The van der Waals surface area contributed by atoms with Gasteiger partial charge in [0.05, 0.1) is 27.8 Å². The Hall–Kier alpha value is -6.07. The monoisotopic (exact) mass is 619 g/mol. The minimum atomic E-state index is 0.00496. The normalized spacial score (nSPS) is 12.1. The van der Waals surface area contributed by atoms with Crippen LogP contribution in [0.15, 0.2) is 146 Å². The maximum absolute atomic E-state index is 5.29. The number of fused-ring (bicyclic) bond motifs is 6. The number of nitrogens with zero attached hydrogens (tertiary/aromatic N) is 5. The zero-order valence-corrected chi connectivity index (χ0v) is 27.1. The molecule has 0 bridgehead atoms. The Bertz CT molecular complexity index is 2600. The summed E-state index contributed by atoms with van der Waals surface area (Å²) in [6.45, 7) is 6.80. The molecule has 3 aromatic heterocycles. The van der Waals surface area contributed by atoms with Crippen LogP contribution < -0.4 is 0 Å². The first kappa shape index (κ1) is 28.2. The van der Waals surface area contributed by atoms with Gasteiger partial charge < -0.3 is 4.57 Å². The fourth-order valence-electron chi connectivity index (χ4n) is 6.99. The van der Waals surface area contributed by atoms with Gasteiger partial charge in [0.15, 0.2) is 11.6 Å². The van der Waals surface area contributed by atoms with Gasteiger partial charge in [-0.1, -0.05) is 130 Å². The third-order valence-electron chi connectivity index (χ3n) is 9.36. The molecule has 48 heavy (non-hydrogen) atoms. The summed E-state index contributed by atoms with van der Waals surface area (Å²) in [7, 11) is 0. The largest absolute Gasteiger partial charge is 0.308 e. The van der Waals surface area contributed by atoms with Gasteiger partial charge in [0, 0.05) is 32.7 Å². The van der Waals surface area contributed by atoms with Crippen LogP contribution in [-0.2, 0) is 5.41 Å². The minimum absolute atomic E-state index is 0.00496. The first-order valence-corrected chi connectivity index (χ1v) is 16.4. The molecule has 0 unspecified atom stereocenters. The molecular weight excluding hydrogens is 587 g/mol. The summed E-state index contributed by atoms with van der Waals surface area (Å²) in [4.78, 5) is 15.6. The SMILES string of the molecule is CC(C)(C)c1ccc2c3ccccc3n(-c3ccccc3-c3nc(-c4ccccc4)nc(-n4c5ccccc5c5ccccc54)n3)c2c1. The smallest absolute Gasteiger partial charge is 0.238 e. The van der Waals surface area contributed by atoms with E-state index in [0.717, 1.165) is 49.7 Å². The number of hydrogen-bond donors (Lipinski definition) is 0. The van der Waals surface area contributed by atoms with E-state index in [1.54, 1.807) is 0 Å². The lowest BCUT2D eigenvalue weighted by Gasteiger charge is -2.20. The van der Waals surface area contributed by atoms with Crippen LogP contribution in [-0.4, -0.2) is 24.1 Å². The molecule has 0 radical (unpaired) electrons. The van der Waals surface area contributed by atoms with Crippen molar-refractivity contribution in [3.8, 4) is 34.4 Å². The highest BCUT2D eigenvalue weighted by Crippen LogP contribution is 2.38. The predicted molar refractivity (Wildman–Crippen MR) is 198 cm³/mol. The third kappa shape index (κ3) is 4.43. The van der Waals surface area contributed by atoms with Crippen molar-refractivity contribution < 1.29 is 0 Å². The Morgan fingerprint density at radius 3 is 1.60 bits per heavy atom. The van der Waals surface area contributed by atoms with E-state index in [2.05, 4.69) is 157 Å². The average molecular weight is 620 g/mol. The Labute approximate surface area is 278 Å². The van der Waals surface area contributed by atoms with Crippen molar-refractivity contribution in [3.05, 3.63) is 151 Å². The van der Waals surface area contributed by atoms with Gasteiger partial charge in [0.2, 0.25) is 5.95 Å². The van der Waals surface area contributed by atoms with Crippen LogP contribution in [0.3, 0.4) is 0 Å². The zero-order chi connectivity index (χ0) is 32.4. The molecule has 3 heterocycles. The molecule has 0 N–H and O–H groups in total. The van der Waals surface area contributed by atoms with Crippen molar-refractivity contribution in [1.29, 1.82) is 0 Å². The highest BCUT2D eigenvalue weighted by Gasteiger charge is 2.22. The highest BCUT2D eigenvalue weighted by molar-refractivity contribution is 6.10. The van der Waals surface area contributed by atoms with E-state index in [-0.39, 0.29) is 5.41 Å². The van der Waals surface area contributed by atoms with Crippen LogP contribution in [0.4, 0.5) is 0 Å². The Morgan fingerprint density at radius 2 is 0.958 bits per heavy atom. The van der Waals surface area contributed by atoms with Crippen LogP contribution >= 0.6 is 0 Å². The summed E-state index contributed by atoms with van der Waals surface area (Å²) in [5, 5.41) is 4.77. The van der Waals surface area contributed by atoms with E-state index in [1.807, 2.05) is 18.2 Å². The van der Waals surface area contributed by atoms with Crippen molar-refractivity contribution in [3.63, 3.8) is 0 Å². The molecule has 0 atom stereocenters. The number of rotatable bonds is 4. The number of para-hydroxylation sites is 4. The maximum atomic E-state index is 5.29. The van der Waals surface area contributed by atoms with Gasteiger partial charge in [-0.3, -0.25) is 4.57 Å². The van der Waals surface area contributed by atoms with E-state index in [4.69, 9.17) is 15.0 Å². The third-order valence-corrected chi connectivity index (χ3v) is 9.36. The molecule has 9 rings (SSSR count). The molecule has 0 saturated carbocycles. The lowest BCUT2D eigenvalue weighted by molar-refractivity contribution is 0.591. The van der Waals surface area contributed by atoms with E-state index in [0.29, 0.717) is 17.6 Å². The van der Waals surface area contributed by atoms with E-state index in [9.17, 15) is 0 Å². The van der Waals surface area contributed by atoms with Crippen molar-refractivity contribution in [2.75, 3.05) is 0 Å². The topological polar surface area (TPSA) is 48.5 Å². The second-order valence-corrected chi connectivity index (χ2v) is 13.4. The van der Waals surface area contributed by atoms with Crippen molar-refractivity contribution in [2.45, 2.75) is 26.2 Å². The zero-order valence-electron chi connectivity index (χ0n) is 27.1. The molecule has 0 spiro atoms. The molecule has 0 aliphatic carbocycles. The Morgan fingerprint density at radius 1 is 0.438 bits per heavy atom. The summed E-state index contributed by atoms with van der Waals surface area (Å²) in [6.07, 6.45) is 0. The molecule has 5 nitrogen and oxygen atoms in total. The van der Waals surface area contributed by atoms with Gasteiger partial charge in [0.25, 0.3) is 0 Å². The van der Waals surface area contributed by atoms with Crippen LogP contribution in [0.25, 0.3) is 78.0 Å². The van der Waals surface area contributed by atoms with Gasteiger partial charge in [0.1, 0.15) is 0 Å². The lowest BCUT2D eigenvalue weighted by atomic mass is 9.86. The standard InChI is InChI=1S/C43H33N5/c1-43(2,3)29-25-26-33-32-19-7-11-21-35(32)47(39(33)27-29)38-24-14-10-20-34(38)41-44-40(28-15-5-4-6-16-28)45-42(46-41)48-36-22-12-8-17-30(36)31-18-9-13-23-37(31)48/h4-27H,1-3H3. The average Bonchev–Trinajstić information content (AvgIpc) is 3.64. The van der Waals surface area contributed by atoms with Crippen LogP contribution in [0.5, 0.6) is 0 Å². The van der Waals surface area contributed by atoms with Gasteiger partial charge in [-0.2, -0.15) is 9.97 Å². The van der Waals surface area contributed by atoms with E-state index in [1.165, 1.54) is 16.3 Å². The highest BCUT2D eigenvalue weighted by atomic mass is 15.2. The Balaban J connectivity index is 1.36. The number of aromatic nitrogens is 5. The predicted octanol–water partition coefficient (Wildman–Crippen LogP) is 10.7. The summed E-state index contributed by atoms with van der Waals surface area (Å²) >= 11 is 0. The van der Waals surface area contributed by atoms with Crippen molar-refractivity contribution >= 4 is 43.6 Å². The van der Waals surface area contributed by atoms with Crippen molar-refractivity contribution in [1.82, 2.24) is 24.1 Å².